The Hall–Kier alpha value is -0.0900. The lowest BCUT2D eigenvalue weighted by atomic mass is 9.94. The van der Waals surface area contributed by atoms with Gasteiger partial charge in [-0.3, -0.25) is 4.99 Å². The van der Waals surface area contributed by atoms with Gasteiger partial charge in [0.15, 0.2) is 5.96 Å². The molecule has 0 amide bonds. The number of rotatable bonds is 7. The van der Waals surface area contributed by atoms with E-state index in [0.29, 0.717) is 6.42 Å². The minimum atomic E-state index is -2.90. The molecule has 1 saturated heterocycles. The van der Waals surface area contributed by atoms with Crippen molar-refractivity contribution in [3.63, 3.8) is 0 Å². The predicted octanol–water partition coefficient (Wildman–Crippen LogP) is 1.32. The third kappa shape index (κ3) is 11.1. The molecule has 0 bridgehead atoms. The summed E-state index contributed by atoms with van der Waals surface area (Å²) in [5.74, 6) is 1.76. The summed E-state index contributed by atoms with van der Waals surface area (Å²) in [6, 6.07) is 0.0873. The van der Waals surface area contributed by atoms with Crippen molar-refractivity contribution in [3.05, 3.63) is 0 Å². The third-order valence-corrected chi connectivity index (χ3v) is 5.19. The molecule has 1 atom stereocenters. The Morgan fingerprint density at radius 1 is 1.35 bits per heavy atom. The van der Waals surface area contributed by atoms with Crippen LogP contribution in [0.5, 0.6) is 0 Å². The number of likely N-dealkylation sites (tertiary alicyclic amines) is 1. The van der Waals surface area contributed by atoms with E-state index in [1.54, 1.807) is 7.05 Å². The Balaban J connectivity index is 0.00000484. The van der Waals surface area contributed by atoms with E-state index in [4.69, 9.17) is 0 Å². The quantitative estimate of drug-likeness (QED) is 0.341. The molecule has 6 nitrogen and oxygen atoms in total. The minimum Gasteiger partial charge on any atom is -0.356 e. The lowest BCUT2D eigenvalue weighted by molar-refractivity contribution is 0.213. The van der Waals surface area contributed by atoms with Crippen LogP contribution in [-0.4, -0.2) is 71.1 Å². The lowest BCUT2D eigenvalue weighted by Gasteiger charge is -2.29. The molecule has 0 saturated carbocycles. The highest BCUT2D eigenvalue weighted by atomic mass is 127. The number of hydrogen-bond acceptors (Lipinski definition) is 4. The topological polar surface area (TPSA) is 73.8 Å². The van der Waals surface area contributed by atoms with Crippen molar-refractivity contribution < 1.29 is 8.42 Å². The maximum Gasteiger partial charge on any atom is 0.191 e. The molecule has 1 aliphatic rings. The summed E-state index contributed by atoms with van der Waals surface area (Å²) in [7, 11) is 1.02. The van der Waals surface area contributed by atoms with Gasteiger partial charge in [-0.15, -0.1) is 24.0 Å². The Bertz CT molecular complexity index is 448. The largest absolute Gasteiger partial charge is 0.356 e. The van der Waals surface area contributed by atoms with Crippen molar-refractivity contribution in [3.8, 4) is 0 Å². The predicted molar refractivity (Wildman–Crippen MR) is 109 cm³/mol. The van der Waals surface area contributed by atoms with Gasteiger partial charge in [0.1, 0.15) is 9.84 Å². The summed E-state index contributed by atoms with van der Waals surface area (Å²) in [6.07, 6.45) is 5.57. The highest BCUT2D eigenvalue weighted by Gasteiger charge is 2.16. The van der Waals surface area contributed by atoms with Crippen LogP contribution < -0.4 is 10.6 Å². The van der Waals surface area contributed by atoms with Crippen molar-refractivity contribution in [1.82, 2.24) is 15.5 Å². The first-order valence-corrected chi connectivity index (χ1v) is 10.2. The molecule has 1 rings (SSSR count). The summed E-state index contributed by atoms with van der Waals surface area (Å²) < 4.78 is 22.4. The molecule has 8 heteroatoms. The molecule has 0 radical (unpaired) electrons. The molecule has 1 fully saturated rings. The van der Waals surface area contributed by atoms with Gasteiger partial charge in [0.05, 0.1) is 5.75 Å². The summed E-state index contributed by atoms with van der Waals surface area (Å²) in [5, 5.41) is 6.58. The van der Waals surface area contributed by atoms with Crippen LogP contribution in [0.4, 0.5) is 0 Å². The standard InChI is InChI=1S/C15H32N4O2S.HI/c1-13(8-12-22(4,20)21)18-15(16-2)17-9-5-14-6-10-19(3)11-7-14;/h13-14H,5-12H2,1-4H3,(H2,16,17,18);1H. The van der Waals surface area contributed by atoms with Crippen LogP contribution in [0.3, 0.4) is 0 Å². The maximum atomic E-state index is 11.2. The molecule has 0 aromatic heterocycles. The molecule has 23 heavy (non-hydrogen) atoms. The van der Waals surface area contributed by atoms with Crippen LogP contribution in [0.2, 0.25) is 0 Å². The number of aliphatic imine (C=N–C) groups is 1. The molecule has 0 aromatic rings. The Morgan fingerprint density at radius 2 is 1.96 bits per heavy atom. The normalized spacial score (nSPS) is 19.0. The van der Waals surface area contributed by atoms with E-state index in [1.165, 1.54) is 32.2 Å². The highest BCUT2D eigenvalue weighted by molar-refractivity contribution is 14.0. The third-order valence-electron chi connectivity index (χ3n) is 4.21. The van der Waals surface area contributed by atoms with Gasteiger partial charge < -0.3 is 15.5 Å². The zero-order valence-corrected chi connectivity index (χ0v) is 18.0. The smallest absolute Gasteiger partial charge is 0.191 e. The van der Waals surface area contributed by atoms with Crippen LogP contribution in [-0.2, 0) is 9.84 Å². The number of nitrogens with one attached hydrogen (secondary N) is 2. The van der Waals surface area contributed by atoms with E-state index in [1.807, 2.05) is 6.92 Å². The van der Waals surface area contributed by atoms with E-state index in [2.05, 4.69) is 27.6 Å². The SMILES string of the molecule is CN=C(NCCC1CCN(C)CC1)NC(C)CCS(C)(=O)=O.I. The fourth-order valence-corrected chi connectivity index (χ4v) is 3.42. The average molecular weight is 460 g/mol. The molecule has 1 aliphatic heterocycles. The van der Waals surface area contributed by atoms with Crippen molar-refractivity contribution in [2.24, 2.45) is 10.9 Å². The van der Waals surface area contributed by atoms with Gasteiger partial charge in [-0.1, -0.05) is 0 Å². The molecule has 0 spiro atoms. The molecule has 0 aromatic carbocycles. The molecule has 1 unspecified atom stereocenters. The number of piperidine rings is 1. The number of hydrogen-bond donors (Lipinski definition) is 2. The van der Waals surface area contributed by atoms with Crippen LogP contribution in [0, 0.1) is 5.92 Å². The zero-order chi connectivity index (χ0) is 16.6. The zero-order valence-electron chi connectivity index (χ0n) is 14.8. The van der Waals surface area contributed by atoms with E-state index in [0.717, 1.165) is 24.8 Å². The fraction of sp³-hybridized carbons (Fsp3) is 0.933. The number of nitrogens with zero attached hydrogens (tertiary/aromatic N) is 2. The van der Waals surface area contributed by atoms with Gasteiger partial charge in [-0.05, 0) is 58.7 Å². The summed E-state index contributed by atoms with van der Waals surface area (Å²) in [5.41, 5.74) is 0. The molecular formula is C15H33IN4O2S. The van der Waals surface area contributed by atoms with E-state index < -0.39 is 9.84 Å². The maximum absolute atomic E-state index is 11.2. The fourth-order valence-electron chi connectivity index (χ4n) is 2.64. The van der Waals surface area contributed by atoms with Crippen LogP contribution >= 0.6 is 24.0 Å². The minimum absolute atomic E-state index is 0. The summed E-state index contributed by atoms with van der Waals surface area (Å²) in [4.78, 5) is 6.59. The van der Waals surface area contributed by atoms with Gasteiger partial charge in [-0.2, -0.15) is 0 Å². The van der Waals surface area contributed by atoms with E-state index in [9.17, 15) is 8.42 Å². The van der Waals surface area contributed by atoms with Crippen LogP contribution in [0.25, 0.3) is 0 Å². The second-order valence-corrected chi connectivity index (χ2v) is 8.76. The summed E-state index contributed by atoms with van der Waals surface area (Å²) >= 11 is 0. The average Bonchev–Trinajstić information content (AvgIpc) is 2.45. The second kappa shape index (κ2) is 11.5. The molecule has 1 heterocycles. The second-order valence-electron chi connectivity index (χ2n) is 6.50. The first-order valence-electron chi connectivity index (χ1n) is 8.13. The van der Waals surface area contributed by atoms with Gasteiger partial charge in [0.2, 0.25) is 0 Å². The lowest BCUT2D eigenvalue weighted by Crippen LogP contribution is -2.43. The first kappa shape index (κ1) is 22.9. The van der Waals surface area contributed by atoms with Gasteiger partial charge in [0, 0.05) is 25.9 Å². The molecule has 138 valence electrons. The molecular weight excluding hydrogens is 427 g/mol. The van der Waals surface area contributed by atoms with Gasteiger partial charge in [-0.25, -0.2) is 8.42 Å². The summed E-state index contributed by atoms with van der Waals surface area (Å²) in [6.45, 7) is 5.28. The highest BCUT2D eigenvalue weighted by Crippen LogP contribution is 2.18. The number of guanidine groups is 1. The van der Waals surface area contributed by atoms with E-state index >= 15 is 0 Å². The number of halogens is 1. The van der Waals surface area contributed by atoms with Crippen molar-refractivity contribution >= 4 is 39.8 Å². The Kier molecular flexibility index (Phi) is 11.4. The van der Waals surface area contributed by atoms with Crippen molar-refractivity contribution in [2.45, 2.75) is 38.6 Å². The van der Waals surface area contributed by atoms with Crippen molar-refractivity contribution in [1.29, 1.82) is 0 Å². The monoisotopic (exact) mass is 460 g/mol. The van der Waals surface area contributed by atoms with Gasteiger partial charge in [0.25, 0.3) is 0 Å². The number of sulfone groups is 1. The van der Waals surface area contributed by atoms with Crippen molar-refractivity contribution in [2.75, 3.05) is 45.7 Å². The Labute approximate surface area is 158 Å². The van der Waals surface area contributed by atoms with Crippen LogP contribution in [0.1, 0.15) is 32.6 Å². The van der Waals surface area contributed by atoms with E-state index in [-0.39, 0.29) is 35.8 Å². The molecule has 0 aliphatic carbocycles. The van der Waals surface area contributed by atoms with Crippen LogP contribution in [0.15, 0.2) is 4.99 Å². The van der Waals surface area contributed by atoms with Gasteiger partial charge >= 0.3 is 0 Å². The molecule has 2 N–H and O–H groups in total. The Morgan fingerprint density at radius 3 is 2.48 bits per heavy atom. The first-order chi connectivity index (χ1) is 10.3.